The van der Waals surface area contributed by atoms with Crippen molar-refractivity contribution in [2.24, 2.45) is 0 Å². The van der Waals surface area contributed by atoms with Crippen LogP contribution in [-0.4, -0.2) is 95.9 Å². The minimum absolute atomic E-state index is 0.0903. The summed E-state index contributed by atoms with van der Waals surface area (Å²) >= 11 is 0. The van der Waals surface area contributed by atoms with Gasteiger partial charge >= 0.3 is 33.6 Å². The zero-order chi connectivity index (χ0) is 89.3. The highest BCUT2D eigenvalue weighted by molar-refractivity contribution is 7.47. The fraction of sp³-hybridized carbons (Fsp3) is 0.743. The van der Waals surface area contributed by atoms with Gasteiger partial charge in [-0.1, -0.05) is 417 Å². The zero-order valence-electron chi connectivity index (χ0n) is 78.6. The maximum absolute atomic E-state index is 13.1. The number of carbonyl (C=O) groups is 3. The van der Waals surface area contributed by atoms with Crippen LogP contribution in [-0.2, 0) is 55.8 Å². The summed E-state index contributed by atoms with van der Waals surface area (Å²) < 4.78 is 61.6. The fourth-order valence-corrected chi connectivity index (χ4v) is 15.5. The van der Waals surface area contributed by atoms with Crippen molar-refractivity contribution < 1.29 is 75.8 Å². The first kappa shape index (κ1) is 118. The molecule has 0 aromatic rings. The fourth-order valence-electron chi connectivity index (χ4n) is 13.9. The minimum Gasteiger partial charge on any atom is -0.463 e. The van der Waals surface area contributed by atoms with E-state index in [2.05, 4.69) is 167 Å². The van der Waals surface area contributed by atoms with Crippen LogP contribution in [0.5, 0.6) is 0 Å². The third-order valence-corrected chi connectivity index (χ3v) is 23.4. The van der Waals surface area contributed by atoms with Crippen molar-refractivity contribution in [1.29, 1.82) is 0 Å². The molecule has 710 valence electrons. The molecule has 0 amide bonds. The van der Waals surface area contributed by atoms with Crippen molar-refractivity contribution >= 4 is 33.6 Å². The lowest BCUT2D eigenvalue weighted by atomic mass is 10.0. The average Bonchev–Trinajstić information content (AvgIpc) is 0.890. The molecule has 0 saturated heterocycles. The van der Waals surface area contributed by atoms with Gasteiger partial charge in [-0.05, 0) is 154 Å². The number of phosphoric acid groups is 2. The lowest BCUT2D eigenvalue weighted by Crippen LogP contribution is -2.30. The Morgan fingerprint density at radius 3 is 0.642 bits per heavy atom. The van der Waals surface area contributed by atoms with Crippen LogP contribution in [0.15, 0.2) is 146 Å². The molecule has 5 unspecified atom stereocenters. The molecule has 0 bridgehead atoms. The van der Waals surface area contributed by atoms with E-state index in [1.807, 2.05) is 0 Å². The quantitative estimate of drug-likeness (QED) is 0.0146. The summed E-state index contributed by atoms with van der Waals surface area (Å²) in [5.74, 6) is -1.57. The largest absolute Gasteiger partial charge is 0.472 e. The first-order valence-electron chi connectivity index (χ1n) is 50.1. The summed E-state index contributed by atoms with van der Waals surface area (Å²) in [4.78, 5) is 59.1. The Bertz CT molecular complexity index is 2820. The average molecular weight is 1760 g/mol. The molecular weight excluding hydrogens is 1580 g/mol. The van der Waals surface area contributed by atoms with Crippen LogP contribution in [0.25, 0.3) is 0 Å². The number of unbranched alkanes of at least 4 members (excludes halogenated alkanes) is 48. The Kier molecular flexibility index (Phi) is 92.9. The number of phosphoric ester groups is 2. The molecule has 0 saturated carbocycles. The van der Waals surface area contributed by atoms with Crippen molar-refractivity contribution in [3.05, 3.63) is 146 Å². The molecule has 0 aliphatic carbocycles. The van der Waals surface area contributed by atoms with Crippen molar-refractivity contribution in [3.8, 4) is 0 Å². The van der Waals surface area contributed by atoms with E-state index in [0.717, 1.165) is 154 Å². The predicted molar refractivity (Wildman–Crippen MR) is 519 cm³/mol. The molecule has 16 nitrogen and oxygen atoms in total. The predicted octanol–water partition coefficient (Wildman–Crippen LogP) is 31.5. The van der Waals surface area contributed by atoms with E-state index in [-0.39, 0.29) is 19.3 Å². The first-order valence-corrected chi connectivity index (χ1v) is 53.1. The molecule has 0 aromatic carbocycles. The van der Waals surface area contributed by atoms with Crippen molar-refractivity contribution in [3.63, 3.8) is 0 Å². The van der Waals surface area contributed by atoms with Crippen LogP contribution in [0.3, 0.4) is 0 Å². The number of allylic oxidation sites excluding steroid dienone is 24. The Hall–Kier alpha value is -4.57. The van der Waals surface area contributed by atoms with Gasteiger partial charge in [0.15, 0.2) is 6.10 Å². The van der Waals surface area contributed by atoms with Crippen molar-refractivity contribution in [2.45, 2.75) is 463 Å². The number of carbonyl (C=O) groups excluding carboxylic acids is 3. The van der Waals surface area contributed by atoms with Gasteiger partial charge < -0.3 is 34.2 Å². The first-order chi connectivity index (χ1) is 60.2. The van der Waals surface area contributed by atoms with E-state index in [9.17, 15) is 43.5 Å². The minimum atomic E-state index is -4.95. The monoisotopic (exact) mass is 1760 g/mol. The zero-order valence-corrected chi connectivity index (χ0v) is 80.4. The van der Waals surface area contributed by atoms with Crippen LogP contribution in [0.2, 0.25) is 0 Å². The Labute approximate surface area is 753 Å². The lowest BCUT2D eigenvalue weighted by Gasteiger charge is -2.21. The van der Waals surface area contributed by atoms with Gasteiger partial charge in [0.05, 0.1) is 26.4 Å². The molecular formula is C105H184O16P2. The number of aliphatic hydroxyl groups is 2. The molecule has 0 heterocycles. The van der Waals surface area contributed by atoms with Gasteiger partial charge in [0, 0.05) is 19.3 Å². The molecule has 0 rings (SSSR count). The summed E-state index contributed by atoms with van der Waals surface area (Å²) in [6.45, 7) is 2.66. The van der Waals surface area contributed by atoms with Crippen LogP contribution >= 0.6 is 15.6 Å². The van der Waals surface area contributed by atoms with E-state index in [0.29, 0.717) is 19.3 Å². The maximum atomic E-state index is 13.1. The van der Waals surface area contributed by atoms with E-state index < -0.39 is 91.5 Å². The number of ether oxygens (including phenoxy) is 3. The second kappa shape index (κ2) is 96.5. The third-order valence-electron chi connectivity index (χ3n) is 21.5. The van der Waals surface area contributed by atoms with Gasteiger partial charge in [-0.25, -0.2) is 9.13 Å². The standard InChI is InChI=1S/C105H184O16P2/c1-4-7-10-13-16-19-22-25-28-31-34-37-40-42-44-46-47-48-49-50-51-53-55-56-59-61-64-67-70-73-76-79-82-85-88-91-103(108)115-94-100(106)95-117-122(111,112)118-96-101(107)97-119-123(113,114)120-99-102(121-105(110)93-90-87-84-81-78-75-72-69-66-63-58-39-36-33-30-27-24-21-18-15-12-9-6-3)98-116-104(109)92-89-86-83-80-77-74-71-68-65-62-60-57-54-52-45-43-41-38-35-32-29-26-23-20-17-14-11-8-5-2/h16-21,25-30,34-39,42-45,63,66,100-102,106-107H,4-15,22-24,31-33,40-41,46-62,64-65,67-99H2,1-3H3,(H,111,112)(H,113,114)/b19-16-,20-17-,21-18-,28-25-,29-26-,30-27-,37-34-,38-35-,39-36-,44-42-,45-43-,66-63-. The summed E-state index contributed by atoms with van der Waals surface area (Å²) in [5, 5.41) is 20.8. The molecule has 0 fully saturated rings. The van der Waals surface area contributed by atoms with Crippen LogP contribution in [0.4, 0.5) is 0 Å². The molecule has 123 heavy (non-hydrogen) atoms. The topological polar surface area (TPSA) is 231 Å². The molecule has 0 spiro atoms. The second-order valence-corrected chi connectivity index (χ2v) is 36.5. The van der Waals surface area contributed by atoms with E-state index in [4.69, 9.17) is 32.3 Å². The Morgan fingerprint density at radius 1 is 0.228 bits per heavy atom. The van der Waals surface area contributed by atoms with E-state index >= 15 is 0 Å². The van der Waals surface area contributed by atoms with E-state index in [1.165, 1.54) is 231 Å². The highest BCUT2D eigenvalue weighted by atomic mass is 31.2. The van der Waals surface area contributed by atoms with Gasteiger partial charge in [0.2, 0.25) is 0 Å². The van der Waals surface area contributed by atoms with Crippen LogP contribution < -0.4 is 0 Å². The van der Waals surface area contributed by atoms with Crippen LogP contribution in [0.1, 0.15) is 445 Å². The molecule has 4 N–H and O–H groups in total. The van der Waals surface area contributed by atoms with Gasteiger partial charge in [-0.2, -0.15) is 0 Å². The number of esters is 3. The van der Waals surface area contributed by atoms with E-state index in [1.54, 1.807) is 0 Å². The Balaban J connectivity index is 4.55. The number of aliphatic hydroxyl groups excluding tert-OH is 2. The van der Waals surface area contributed by atoms with Crippen LogP contribution in [0, 0.1) is 0 Å². The molecule has 0 radical (unpaired) electrons. The Morgan fingerprint density at radius 2 is 0.407 bits per heavy atom. The second-order valence-electron chi connectivity index (χ2n) is 33.6. The SMILES string of the molecule is CCCCC/C=C\C/C=C\C/C=C\C/C=C\CCCCCCCCCCCCCCCCCCCCCC(=O)OCC(O)COP(=O)(O)OCC(O)COP(=O)(O)OCC(COC(=O)CCCCCCCCCCCCCCC/C=C\C/C=C\C/C=C\C/C=C\CCCCC)OC(=O)CCCCCCCCC/C=C\C/C=C\C/C=C\C/C=C\CCCCC. The number of hydrogen-bond donors (Lipinski definition) is 4. The summed E-state index contributed by atoms with van der Waals surface area (Å²) in [6, 6.07) is 0. The normalized spacial score (nSPS) is 14.3. The van der Waals surface area contributed by atoms with Crippen molar-refractivity contribution in [2.75, 3.05) is 39.6 Å². The van der Waals surface area contributed by atoms with Gasteiger partial charge in [-0.3, -0.25) is 32.5 Å². The van der Waals surface area contributed by atoms with Gasteiger partial charge in [-0.15, -0.1) is 0 Å². The molecule has 0 aromatic heterocycles. The highest BCUT2D eigenvalue weighted by Gasteiger charge is 2.30. The number of rotatable bonds is 95. The summed E-state index contributed by atoms with van der Waals surface area (Å²) in [6.07, 6.45) is 123. The molecule has 5 atom stereocenters. The molecule has 0 aliphatic rings. The maximum Gasteiger partial charge on any atom is 0.472 e. The third kappa shape index (κ3) is 97.9. The van der Waals surface area contributed by atoms with Gasteiger partial charge in [0.25, 0.3) is 0 Å². The van der Waals surface area contributed by atoms with Crippen molar-refractivity contribution in [1.82, 2.24) is 0 Å². The molecule has 0 aliphatic heterocycles. The smallest absolute Gasteiger partial charge is 0.463 e. The number of hydrogen-bond acceptors (Lipinski definition) is 14. The van der Waals surface area contributed by atoms with Gasteiger partial charge in [0.1, 0.15) is 25.4 Å². The lowest BCUT2D eigenvalue weighted by molar-refractivity contribution is -0.161. The summed E-state index contributed by atoms with van der Waals surface area (Å²) in [7, 11) is -9.82. The molecule has 18 heteroatoms. The highest BCUT2D eigenvalue weighted by Crippen LogP contribution is 2.45. The summed E-state index contributed by atoms with van der Waals surface area (Å²) in [5.41, 5.74) is 0.